The SMILES string of the molecule is Cc1ccc2c(NCc3ccc(N(Cc4ccccc4)C(=O)C4CCNCC4)cc3)nc(N(C)CCCN(C)C)nc2c1. The second-order valence-corrected chi connectivity index (χ2v) is 11.9. The molecule has 3 aromatic carbocycles. The van der Waals surface area contributed by atoms with Crippen molar-refractivity contribution in [1.29, 1.82) is 0 Å². The van der Waals surface area contributed by atoms with E-state index in [0.29, 0.717) is 13.1 Å². The van der Waals surface area contributed by atoms with E-state index in [2.05, 4.69) is 103 Å². The highest BCUT2D eigenvalue weighted by Gasteiger charge is 2.27. The Balaban J connectivity index is 1.33. The standard InChI is InChI=1S/C35H45N7O/c1-26-11-16-31-32(23-26)38-35(41(4)22-8-21-40(2)3)39-33(31)37-24-27-12-14-30(15-13-27)42(25-28-9-6-5-7-10-28)34(43)29-17-19-36-20-18-29/h5-7,9-16,23,29,36H,8,17-22,24-25H2,1-4H3,(H,37,38,39). The molecule has 1 amide bonds. The van der Waals surface area contributed by atoms with Crippen LogP contribution in [0.3, 0.4) is 0 Å². The Labute approximate surface area is 256 Å². The van der Waals surface area contributed by atoms with E-state index in [0.717, 1.165) is 84.9 Å². The van der Waals surface area contributed by atoms with Gasteiger partial charge in [0.05, 0.1) is 12.1 Å². The number of hydrogen-bond acceptors (Lipinski definition) is 7. The Hall–Kier alpha value is -4.01. The minimum atomic E-state index is 0.0520. The number of amides is 1. The van der Waals surface area contributed by atoms with Crippen molar-refractivity contribution in [2.24, 2.45) is 5.92 Å². The molecule has 8 heteroatoms. The molecule has 43 heavy (non-hydrogen) atoms. The highest BCUT2D eigenvalue weighted by molar-refractivity contribution is 5.95. The molecule has 0 aliphatic carbocycles. The Morgan fingerprint density at radius 1 is 0.907 bits per heavy atom. The van der Waals surface area contributed by atoms with Gasteiger partial charge in [0.1, 0.15) is 5.82 Å². The van der Waals surface area contributed by atoms with Gasteiger partial charge in [0, 0.05) is 37.1 Å². The maximum Gasteiger partial charge on any atom is 0.230 e. The molecular weight excluding hydrogens is 534 g/mol. The number of aromatic nitrogens is 2. The van der Waals surface area contributed by atoms with Gasteiger partial charge in [-0.1, -0.05) is 48.5 Å². The van der Waals surface area contributed by atoms with Gasteiger partial charge in [0.2, 0.25) is 11.9 Å². The van der Waals surface area contributed by atoms with Crippen molar-refractivity contribution in [3.63, 3.8) is 0 Å². The lowest BCUT2D eigenvalue weighted by atomic mass is 9.96. The molecule has 0 atom stereocenters. The molecule has 0 saturated carbocycles. The summed E-state index contributed by atoms with van der Waals surface area (Å²) >= 11 is 0. The van der Waals surface area contributed by atoms with Crippen molar-refractivity contribution in [3.8, 4) is 0 Å². The van der Waals surface area contributed by atoms with Gasteiger partial charge in [-0.15, -0.1) is 0 Å². The fraction of sp³-hybridized carbons (Fsp3) is 0.400. The number of nitrogens with one attached hydrogen (secondary N) is 2. The number of carbonyl (C=O) groups excluding carboxylic acids is 1. The second-order valence-electron chi connectivity index (χ2n) is 11.9. The fourth-order valence-electron chi connectivity index (χ4n) is 5.59. The molecule has 0 bridgehead atoms. The molecule has 2 heterocycles. The van der Waals surface area contributed by atoms with Crippen LogP contribution in [0.4, 0.5) is 17.5 Å². The zero-order valence-corrected chi connectivity index (χ0v) is 26.0. The summed E-state index contributed by atoms with van der Waals surface area (Å²) in [6, 6.07) is 24.9. The smallest absolute Gasteiger partial charge is 0.230 e. The predicted octanol–water partition coefficient (Wildman–Crippen LogP) is 5.47. The third-order valence-corrected chi connectivity index (χ3v) is 8.13. The van der Waals surface area contributed by atoms with Crippen LogP contribution in [0.2, 0.25) is 0 Å². The first-order valence-electron chi connectivity index (χ1n) is 15.4. The van der Waals surface area contributed by atoms with Crippen LogP contribution in [0.15, 0.2) is 72.8 Å². The van der Waals surface area contributed by atoms with Crippen LogP contribution < -0.4 is 20.4 Å². The molecule has 226 valence electrons. The number of hydrogen-bond donors (Lipinski definition) is 2. The predicted molar refractivity (Wildman–Crippen MR) is 178 cm³/mol. The van der Waals surface area contributed by atoms with Crippen LogP contribution in [0.25, 0.3) is 10.9 Å². The average Bonchev–Trinajstić information content (AvgIpc) is 3.03. The van der Waals surface area contributed by atoms with E-state index in [1.165, 1.54) is 5.56 Å². The molecule has 4 aromatic rings. The van der Waals surface area contributed by atoms with Gasteiger partial charge in [0.15, 0.2) is 0 Å². The lowest BCUT2D eigenvalue weighted by Crippen LogP contribution is -2.40. The summed E-state index contributed by atoms with van der Waals surface area (Å²) in [6.45, 7) is 6.96. The average molecular weight is 580 g/mol. The van der Waals surface area contributed by atoms with E-state index < -0.39 is 0 Å². The molecule has 1 aliphatic heterocycles. The van der Waals surface area contributed by atoms with Gasteiger partial charge in [-0.25, -0.2) is 4.98 Å². The van der Waals surface area contributed by atoms with Crippen LogP contribution in [-0.2, 0) is 17.9 Å². The maximum absolute atomic E-state index is 13.7. The molecule has 0 unspecified atom stereocenters. The van der Waals surface area contributed by atoms with E-state index in [1.807, 2.05) is 23.1 Å². The summed E-state index contributed by atoms with van der Waals surface area (Å²) < 4.78 is 0. The molecule has 2 N–H and O–H groups in total. The van der Waals surface area contributed by atoms with E-state index in [9.17, 15) is 4.79 Å². The first-order valence-corrected chi connectivity index (χ1v) is 15.4. The molecule has 1 aromatic heterocycles. The quantitative estimate of drug-likeness (QED) is 0.231. The number of anilines is 3. The highest BCUT2D eigenvalue weighted by Crippen LogP contribution is 2.27. The number of rotatable bonds is 12. The monoisotopic (exact) mass is 579 g/mol. The lowest BCUT2D eigenvalue weighted by molar-refractivity contribution is -0.123. The second kappa shape index (κ2) is 14.4. The number of fused-ring (bicyclic) bond motifs is 1. The minimum Gasteiger partial charge on any atom is -0.365 e. The van der Waals surface area contributed by atoms with Crippen LogP contribution in [-0.4, -0.2) is 68.1 Å². The fourth-order valence-corrected chi connectivity index (χ4v) is 5.59. The van der Waals surface area contributed by atoms with Crippen LogP contribution >= 0.6 is 0 Å². The van der Waals surface area contributed by atoms with Gasteiger partial charge in [-0.3, -0.25) is 4.79 Å². The first kappa shape index (κ1) is 30.4. The van der Waals surface area contributed by atoms with Crippen molar-refractivity contribution in [2.45, 2.75) is 39.3 Å². The Kier molecular flexibility index (Phi) is 10.2. The lowest BCUT2D eigenvalue weighted by Gasteiger charge is -2.30. The molecule has 1 aliphatic rings. The highest BCUT2D eigenvalue weighted by atomic mass is 16.2. The molecular formula is C35H45N7O. The minimum absolute atomic E-state index is 0.0520. The number of piperidine rings is 1. The molecule has 0 spiro atoms. The summed E-state index contributed by atoms with van der Waals surface area (Å²) in [5.41, 5.74) is 5.30. The third kappa shape index (κ3) is 8.09. The Morgan fingerprint density at radius 2 is 1.65 bits per heavy atom. The molecule has 0 radical (unpaired) electrons. The number of aryl methyl sites for hydroxylation is 1. The van der Waals surface area contributed by atoms with Crippen molar-refractivity contribution in [1.82, 2.24) is 20.2 Å². The maximum atomic E-state index is 13.7. The van der Waals surface area contributed by atoms with Gasteiger partial charge in [0.25, 0.3) is 0 Å². The van der Waals surface area contributed by atoms with Gasteiger partial charge >= 0.3 is 0 Å². The Bertz CT molecular complexity index is 1480. The third-order valence-electron chi connectivity index (χ3n) is 8.13. The van der Waals surface area contributed by atoms with Crippen molar-refractivity contribution < 1.29 is 4.79 Å². The Morgan fingerprint density at radius 3 is 2.37 bits per heavy atom. The summed E-state index contributed by atoms with van der Waals surface area (Å²) in [5.74, 6) is 1.82. The van der Waals surface area contributed by atoms with Crippen molar-refractivity contribution >= 4 is 34.3 Å². The topological polar surface area (TPSA) is 76.6 Å². The van der Waals surface area contributed by atoms with Gasteiger partial charge in [-0.2, -0.15) is 4.98 Å². The zero-order valence-electron chi connectivity index (χ0n) is 26.0. The number of carbonyl (C=O) groups is 1. The summed E-state index contributed by atoms with van der Waals surface area (Å²) in [4.78, 5) is 29.8. The normalized spacial score (nSPS) is 13.8. The van der Waals surface area contributed by atoms with Crippen molar-refractivity contribution in [2.75, 3.05) is 62.4 Å². The van der Waals surface area contributed by atoms with Gasteiger partial charge < -0.3 is 25.3 Å². The van der Waals surface area contributed by atoms with Crippen molar-refractivity contribution in [3.05, 3.63) is 89.5 Å². The number of nitrogens with zero attached hydrogens (tertiary/aromatic N) is 5. The molecule has 8 nitrogen and oxygen atoms in total. The van der Waals surface area contributed by atoms with E-state index in [4.69, 9.17) is 9.97 Å². The van der Waals surface area contributed by atoms with Gasteiger partial charge in [-0.05, 0) is 101 Å². The summed E-state index contributed by atoms with van der Waals surface area (Å²) in [5, 5.41) is 7.97. The van der Waals surface area contributed by atoms with Crippen LogP contribution in [0.1, 0.15) is 36.0 Å². The van der Waals surface area contributed by atoms with E-state index >= 15 is 0 Å². The largest absolute Gasteiger partial charge is 0.365 e. The summed E-state index contributed by atoms with van der Waals surface area (Å²) in [6.07, 6.45) is 2.80. The van der Waals surface area contributed by atoms with E-state index in [1.54, 1.807) is 0 Å². The first-order chi connectivity index (χ1) is 20.9. The van der Waals surface area contributed by atoms with Crippen LogP contribution in [0.5, 0.6) is 0 Å². The summed E-state index contributed by atoms with van der Waals surface area (Å²) in [7, 11) is 6.25. The van der Waals surface area contributed by atoms with Crippen LogP contribution in [0, 0.1) is 12.8 Å². The molecule has 1 saturated heterocycles. The zero-order chi connectivity index (χ0) is 30.2. The number of benzene rings is 3. The molecule has 5 rings (SSSR count). The van der Waals surface area contributed by atoms with E-state index in [-0.39, 0.29) is 11.8 Å². The molecule has 1 fully saturated rings.